The van der Waals surface area contributed by atoms with Crippen LogP contribution in [0.15, 0.2) is 133 Å². The molecule has 0 spiro atoms. The molecule has 0 aromatic heterocycles. The Labute approximate surface area is 222 Å². The maximum absolute atomic E-state index is 10.4. The van der Waals surface area contributed by atoms with Crippen LogP contribution in [0.1, 0.15) is 11.1 Å². The maximum Gasteiger partial charge on any atom is 0.101 e. The molecule has 0 saturated carbocycles. The van der Waals surface area contributed by atoms with Crippen LogP contribution in [-0.2, 0) is 0 Å². The van der Waals surface area contributed by atoms with Crippen molar-refractivity contribution in [2.45, 2.75) is 0 Å². The molecule has 0 aliphatic carbocycles. The molecular formula is C36H22N2. The molecular weight excluding hydrogens is 460 g/mol. The van der Waals surface area contributed by atoms with Gasteiger partial charge in [0.1, 0.15) is 12.1 Å². The van der Waals surface area contributed by atoms with Crippen LogP contribution in [0.4, 0.5) is 0 Å². The SMILES string of the molecule is N#CC(=C(C#N)c1cc(-c2ccccc2)c2ccccc2c1)c1cc(-c2ccccc2)c2ccccc2c1. The number of fused-ring (bicyclic) bond motifs is 2. The van der Waals surface area contributed by atoms with Crippen molar-refractivity contribution in [2.24, 2.45) is 0 Å². The van der Waals surface area contributed by atoms with Gasteiger partial charge in [-0.15, -0.1) is 0 Å². The normalized spacial score (nSPS) is 11.5. The largest absolute Gasteiger partial charge is 0.192 e. The Kier molecular flexibility index (Phi) is 5.99. The summed E-state index contributed by atoms with van der Waals surface area (Å²) < 4.78 is 0. The minimum atomic E-state index is 0.365. The Bertz CT molecular complexity index is 1780. The van der Waals surface area contributed by atoms with Crippen LogP contribution in [0.5, 0.6) is 0 Å². The number of hydrogen-bond acceptors (Lipinski definition) is 2. The van der Waals surface area contributed by atoms with Crippen LogP contribution < -0.4 is 0 Å². The first-order valence-corrected chi connectivity index (χ1v) is 12.5. The zero-order valence-corrected chi connectivity index (χ0v) is 20.6. The van der Waals surface area contributed by atoms with E-state index in [-0.39, 0.29) is 0 Å². The summed E-state index contributed by atoms with van der Waals surface area (Å²) >= 11 is 0. The molecule has 0 amide bonds. The fourth-order valence-corrected chi connectivity index (χ4v) is 5.15. The van der Waals surface area contributed by atoms with Crippen LogP contribution in [0.2, 0.25) is 0 Å². The van der Waals surface area contributed by atoms with Crippen molar-refractivity contribution in [1.29, 1.82) is 10.5 Å². The lowest BCUT2D eigenvalue weighted by atomic mass is 9.88. The van der Waals surface area contributed by atoms with Gasteiger partial charge in [-0.1, -0.05) is 109 Å². The third-order valence-electron chi connectivity index (χ3n) is 6.94. The van der Waals surface area contributed by atoms with E-state index in [1.165, 1.54) is 0 Å². The molecule has 38 heavy (non-hydrogen) atoms. The average Bonchev–Trinajstić information content (AvgIpc) is 2.99. The Hall–Kier alpha value is -5.44. The second kappa shape index (κ2) is 9.90. The summed E-state index contributed by atoms with van der Waals surface area (Å²) in [6, 6.07) is 49.5. The molecule has 0 fully saturated rings. The molecule has 0 N–H and O–H groups in total. The van der Waals surface area contributed by atoms with Gasteiger partial charge in [0.15, 0.2) is 0 Å². The number of benzene rings is 6. The Morgan fingerprint density at radius 1 is 0.421 bits per heavy atom. The van der Waals surface area contributed by atoms with Gasteiger partial charge in [0.2, 0.25) is 0 Å². The Morgan fingerprint density at radius 2 is 0.789 bits per heavy atom. The van der Waals surface area contributed by atoms with E-state index in [2.05, 4.69) is 60.7 Å². The fourth-order valence-electron chi connectivity index (χ4n) is 5.15. The minimum absolute atomic E-state index is 0.365. The Balaban J connectivity index is 1.63. The first kappa shape index (κ1) is 23.0. The molecule has 0 heterocycles. The summed E-state index contributed by atoms with van der Waals surface area (Å²) in [6.45, 7) is 0. The zero-order chi connectivity index (χ0) is 25.9. The van der Waals surface area contributed by atoms with Crippen molar-refractivity contribution >= 4 is 32.7 Å². The van der Waals surface area contributed by atoms with Gasteiger partial charge >= 0.3 is 0 Å². The summed E-state index contributed by atoms with van der Waals surface area (Å²) in [6.07, 6.45) is 0. The smallest absolute Gasteiger partial charge is 0.101 e. The van der Waals surface area contributed by atoms with Gasteiger partial charge in [0, 0.05) is 0 Å². The molecule has 6 rings (SSSR count). The molecule has 0 saturated heterocycles. The molecule has 0 atom stereocenters. The number of nitrogens with zero attached hydrogens (tertiary/aromatic N) is 2. The predicted octanol–water partition coefficient (Wildman–Crippen LogP) is 9.28. The Morgan fingerprint density at radius 3 is 1.18 bits per heavy atom. The summed E-state index contributed by atoms with van der Waals surface area (Å²) in [4.78, 5) is 0. The van der Waals surface area contributed by atoms with E-state index >= 15 is 0 Å². The van der Waals surface area contributed by atoms with Crippen molar-refractivity contribution in [3.05, 3.63) is 145 Å². The van der Waals surface area contributed by atoms with Crippen molar-refractivity contribution in [2.75, 3.05) is 0 Å². The molecule has 6 aromatic carbocycles. The third kappa shape index (κ3) is 4.11. The molecule has 0 bridgehead atoms. The lowest BCUT2D eigenvalue weighted by molar-refractivity contribution is 1.50. The first-order chi connectivity index (χ1) is 18.8. The molecule has 176 valence electrons. The van der Waals surface area contributed by atoms with Crippen LogP contribution in [0, 0.1) is 22.7 Å². The van der Waals surface area contributed by atoms with Gasteiger partial charge < -0.3 is 0 Å². The number of rotatable bonds is 4. The minimum Gasteiger partial charge on any atom is -0.192 e. The van der Waals surface area contributed by atoms with Crippen LogP contribution in [0.3, 0.4) is 0 Å². The number of allylic oxidation sites excluding steroid dienone is 2. The van der Waals surface area contributed by atoms with E-state index in [1.54, 1.807) is 0 Å². The van der Waals surface area contributed by atoms with Gasteiger partial charge in [0.25, 0.3) is 0 Å². The molecule has 2 heteroatoms. The predicted molar refractivity (Wildman–Crippen MR) is 157 cm³/mol. The van der Waals surface area contributed by atoms with Crippen molar-refractivity contribution in [3.8, 4) is 34.4 Å². The van der Waals surface area contributed by atoms with Gasteiger partial charge in [-0.3, -0.25) is 0 Å². The quantitative estimate of drug-likeness (QED) is 0.186. The highest BCUT2D eigenvalue weighted by Gasteiger charge is 2.17. The van der Waals surface area contributed by atoms with E-state index < -0.39 is 0 Å². The van der Waals surface area contributed by atoms with Crippen molar-refractivity contribution in [3.63, 3.8) is 0 Å². The zero-order valence-electron chi connectivity index (χ0n) is 20.6. The highest BCUT2D eigenvalue weighted by Crippen LogP contribution is 2.37. The van der Waals surface area contributed by atoms with Crippen molar-refractivity contribution < 1.29 is 0 Å². The lowest BCUT2D eigenvalue weighted by Gasteiger charge is -2.13. The molecule has 0 aliphatic heterocycles. The summed E-state index contributed by atoms with van der Waals surface area (Å²) in [7, 11) is 0. The fraction of sp³-hybridized carbons (Fsp3) is 0. The van der Waals surface area contributed by atoms with Gasteiger partial charge in [-0.05, 0) is 79.2 Å². The molecule has 6 aromatic rings. The van der Waals surface area contributed by atoms with E-state index in [0.29, 0.717) is 11.1 Å². The highest BCUT2D eigenvalue weighted by atomic mass is 14.3. The molecule has 0 unspecified atom stereocenters. The third-order valence-corrected chi connectivity index (χ3v) is 6.94. The van der Waals surface area contributed by atoms with E-state index in [9.17, 15) is 10.5 Å². The topological polar surface area (TPSA) is 47.6 Å². The highest BCUT2D eigenvalue weighted by molar-refractivity contribution is 6.09. The average molecular weight is 483 g/mol. The molecule has 2 nitrogen and oxygen atoms in total. The van der Waals surface area contributed by atoms with E-state index in [1.807, 2.05) is 84.9 Å². The van der Waals surface area contributed by atoms with Crippen LogP contribution >= 0.6 is 0 Å². The van der Waals surface area contributed by atoms with Gasteiger partial charge in [-0.25, -0.2) is 0 Å². The monoisotopic (exact) mass is 482 g/mol. The van der Waals surface area contributed by atoms with Gasteiger partial charge in [0.05, 0.1) is 11.1 Å². The van der Waals surface area contributed by atoms with E-state index in [0.717, 1.165) is 54.9 Å². The van der Waals surface area contributed by atoms with Crippen LogP contribution in [-0.4, -0.2) is 0 Å². The summed E-state index contributed by atoms with van der Waals surface area (Å²) in [5, 5.41) is 25.1. The van der Waals surface area contributed by atoms with E-state index in [4.69, 9.17) is 0 Å². The number of nitriles is 2. The summed E-state index contributed by atoms with van der Waals surface area (Å²) in [5.41, 5.74) is 6.40. The van der Waals surface area contributed by atoms with Crippen LogP contribution in [0.25, 0.3) is 54.9 Å². The molecule has 0 aliphatic rings. The van der Waals surface area contributed by atoms with Gasteiger partial charge in [-0.2, -0.15) is 10.5 Å². The van der Waals surface area contributed by atoms with Crippen molar-refractivity contribution in [1.82, 2.24) is 0 Å². The first-order valence-electron chi connectivity index (χ1n) is 12.5. The number of hydrogen-bond donors (Lipinski definition) is 0. The second-order valence-corrected chi connectivity index (χ2v) is 9.20. The standard InChI is InChI=1S/C36H22N2/c37-23-35(29-19-27-15-7-9-17-31(27)33(21-29)25-11-3-1-4-12-25)36(24-38)30-20-28-16-8-10-18-32(28)34(22-30)26-13-5-2-6-14-26/h1-22H. The second-order valence-electron chi connectivity index (χ2n) is 9.20. The molecule has 0 radical (unpaired) electrons. The lowest BCUT2D eigenvalue weighted by Crippen LogP contribution is -1.93. The summed E-state index contributed by atoms with van der Waals surface area (Å²) in [5.74, 6) is 0. The maximum atomic E-state index is 10.4.